The first-order valence-corrected chi connectivity index (χ1v) is 8.92. The third kappa shape index (κ3) is 2.71. The highest BCUT2D eigenvalue weighted by molar-refractivity contribution is 6.30. The smallest absolute Gasteiger partial charge is 0.341 e. The third-order valence-electron chi connectivity index (χ3n) is 4.79. The van der Waals surface area contributed by atoms with Gasteiger partial charge in [0.1, 0.15) is 22.4 Å². The van der Waals surface area contributed by atoms with Crippen LogP contribution in [0.2, 0.25) is 5.15 Å². The lowest BCUT2D eigenvalue weighted by molar-refractivity contribution is 0.0699. The first-order chi connectivity index (χ1) is 13.3. The number of aromatic carboxylic acids is 1. The van der Waals surface area contributed by atoms with Crippen LogP contribution in [0.3, 0.4) is 0 Å². The highest BCUT2D eigenvalue weighted by Gasteiger charge is 2.31. The second-order valence-electron chi connectivity index (χ2n) is 6.57. The van der Waals surface area contributed by atoms with Crippen LogP contribution >= 0.6 is 11.6 Å². The fraction of sp³-hybridized carbons (Fsp3) is 0.222. The minimum absolute atomic E-state index is 0.0262. The molecule has 0 saturated carbocycles. The van der Waals surface area contributed by atoms with Crippen molar-refractivity contribution in [2.24, 2.45) is 0 Å². The molecule has 2 aromatic heterocycles. The summed E-state index contributed by atoms with van der Waals surface area (Å²) in [4.78, 5) is 22.1. The summed E-state index contributed by atoms with van der Waals surface area (Å²) < 4.78 is 1.81. The lowest BCUT2D eigenvalue weighted by atomic mass is 10.1. The zero-order valence-electron chi connectivity index (χ0n) is 15.4. The molecule has 10 heteroatoms. The molecule has 1 aliphatic rings. The molecule has 1 aliphatic heterocycles. The third-order valence-corrected chi connectivity index (χ3v) is 4.98. The average Bonchev–Trinajstić information content (AvgIpc) is 3.00. The minimum Gasteiger partial charge on any atom is -0.477 e. The molecule has 0 aliphatic carbocycles. The summed E-state index contributed by atoms with van der Waals surface area (Å²) in [6.07, 6.45) is 0. The number of aromatic nitrogens is 4. The number of nitrogens with one attached hydrogen (secondary N) is 1. The normalized spacial score (nSPS) is 15.1. The summed E-state index contributed by atoms with van der Waals surface area (Å²) in [5.74, 6) is 0.184. The molecule has 28 heavy (non-hydrogen) atoms. The van der Waals surface area contributed by atoms with Crippen LogP contribution in [0.25, 0.3) is 5.69 Å². The fourth-order valence-corrected chi connectivity index (χ4v) is 3.62. The van der Waals surface area contributed by atoms with Crippen LogP contribution < -0.4 is 16.0 Å². The number of hydrogen-bond donors (Lipinski definition) is 3. The number of hydrogen-bond acceptors (Lipinski definition) is 7. The quantitative estimate of drug-likeness (QED) is 0.574. The molecular formula is C18H18ClN7O2. The van der Waals surface area contributed by atoms with E-state index in [2.05, 4.69) is 25.3 Å². The van der Waals surface area contributed by atoms with Gasteiger partial charge < -0.3 is 21.1 Å². The lowest BCUT2D eigenvalue weighted by Crippen LogP contribution is -2.31. The number of para-hydroxylation sites is 1. The Morgan fingerprint density at radius 2 is 2.07 bits per heavy atom. The van der Waals surface area contributed by atoms with Gasteiger partial charge in [-0.2, -0.15) is 5.10 Å². The molecule has 1 atom stereocenters. The molecule has 3 aromatic rings. The number of carbonyl (C=O) groups is 1. The van der Waals surface area contributed by atoms with Gasteiger partial charge in [-0.1, -0.05) is 17.7 Å². The van der Waals surface area contributed by atoms with Crippen molar-refractivity contribution in [1.29, 1.82) is 0 Å². The van der Waals surface area contributed by atoms with Crippen LogP contribution in [0.15, 0.2) is 24.3 Å². The monoisotopic (exact) mass is 399 g/mol. The van der Waals surface area contributed by atoms with Gasteiger partial charge in [0.05, 0.1) is 28.8 Å². The molecule has 0 fully saturated rings. The first-order valence-electron chi connectivity index (χ1n) is 8.54. The maximum absolute atomic E-state index is 11.7. The zero-order chi connectivity index (χ0) is 20.2. The standard InChI is InChI=1S/C18H18ClN7O2/c1-8-17-21-9(2)24-26(17)12-6-4-5-10(15(12)25(8)3)22-11-7-13(19)23-16(20)14(11)18(27)28/h4-8H,1-3H3,(H,27,28)(H3,20,22,23). The van der Waals surface area contributed by atoms with Crippen LogP contribution in [-0.2, 0) is 0 Å². The number of rotatable bonds is 3. The van der Waals surface area contributed by atoms with Gasteiger partial charge >= 0.3 is 5.97 Å². The fourth-order valence-electron chi connectivity index (χ4n) is 3.42. The molecule has 4 rings (SSSR count). The van der Waals surface area contributed by atoms with Gasteiger partial charge in [0.15, 0.2) is 5.82 Å². The molecule has 0 saturated heterocycles. The Hall–Kier alpha value is -3.33. The Morgan fingerprint density at radius 1 is 1.32 bits per heavy atom. The van der Waals surface area contributed by atoms with Gasteiger partial charge in [0.2, 0.25) is 0 Å². The van der Waals surface area contributed by atoms with E-state index in [0.717, 1.165) is 17.2 Å². The van der Waals surface area contributed by atoms with E-state index in [1.807, 2.05) is 43.8 Å². The first kappa shape index (κ1) is 18.1. The number of aryl methyl sites for hydroxylation is 1. The van der Waals surface area contributed by atoms with Crippen molar-refractivity contribution in [1.82, 2.24) is 19.7 Å². The van der Waals surface area contributed by atoms with Gasteiger partial charge in [0.25, 0.3) is 0 Å². The number of fused-ring (bicyclic) bond motifs is 3. The highest BCUT2D eigenvalue weighted by Crippen LogP contribution is 2.42. The van der Waals surface area contributed by atoms with Crippen molar-refractivity contribution >= 4 is 40.5 Å². The van der Waals surface area contributed by atoms with Crippen molar-refractivity contribution in [3.63, 3.8) is 0 Å². The summed E-state index contributed by atoms with van der Waals surface area (Å²) >= 11 is 6.00. The maximum atomic E-state index is 11.7. The van der Waals surface area contributed by atoms with Crippen LogP contribution in [0.4, 0.5) is 22.9 Å². The predicted octanol–water partition coefficient (Wildman–Crippen LogP) is 3.16. The van der Waals surface area contributed by atoms with Crippen LogP contribution in [0.5, 0.6) is 0 Å². The van der Waals surface area contributed by atoms with Crippen molar-refractivity contribution in [2.75, 3.05) is 23.0 Å². The maximum Gasteiger partial charge on any atom is 0.341 e. The molecule has 0 spiro atoms. The molecule has 3 heterocycles. The minimum atomic E-state index is -1.19. The van der Waals surface area contributed by atoms with Crippen molar-refractivity contribution in [3.05, 3.63) is 46.6 Å². The molecule has 0 amide bonds. The number of carboxylic acids is 1. The van der Waals surface area contributed by atoms with Crippen molar-refractivity contribution in [3.8, 4) is 5.69 Å². The summed E-state index contributed by atoms with van der Waals surface area (Å²) in [6.45, 7) is 3.88. The van der Waals surface area contributed by atoms with Crippen molar-refractivity contribution < 1.29 is 9.90 Å². The summed E-state index contributed by atoms with van der Waals surface area (Å²) in [5, 5.41) is 17.3. The molecule has 1 aromatic carbocycles. The van der Waals surface area contributed by atoms with Gasteiger partial charge in [-0.05, 0) is 26.0 Å². The second-order valence-corrected chi connectivity index (χ2v) is 6.96. The number of nitrogen functional groups attached to an aromatic ring is 1. The Labute approximate surface area is 165 Å². The van der Waals surface area contributed by atoms with Gasteiger partial charge in [0, 0.05) is 13.1 Å². The summed E-state index contributed by atoms with van der Waals surface area (Å²) in [6, 6.07) is 7.07. The van der Waals surface area contributed by atoms with Gasteiger partial charge in [-0.15, -0.1) is 0 Å². The number of nitrogens with two attached hydrogens (primary N) is 1. The molecule has 0 radical (unpaired) electrons. The van der Waals surface area contributed by atoms with E-state index in [0.29, 0.717) is 11.5 Å². The van der Waals surface area contributed by atoms with E-state index < -0.39 is 5.97 Å². The number of pyridine rings is 1. The number of nitrogens with zero attached hydrogens (tertiary/aromatic N) is 5. The topological polar surface area (TPSA) is 122 Å². The SMILES string of the molecule is Cc1nc2n(n1)-c1cccc(Nc3cc(Cl)nc(N)c3C(=O)O)c1N(C)C2C. The van der Waals surface area contributed by atoms with Crippen LogP contribution in [0, 0.1) is 6.92 Å². The molecule has 0 bridgehead atoms. The molecular weight excluding hydrogens is 382 g/mol. The Bertz CT molecular complexity index is 1110. The predicted molar refractivity (Wildman–Crippen MR) is 107 cm³/mol. The number of anilines is 4. The van der Waals surface area contributed by atoms with Crippen LogP contribution in [0.1, 0.15) is 35.0 Å². The Balaban J connectivity index is 1.89. The average molecular weight is 400 g/mol. The Kier molecular flexibility index (Phi) is 4.11. The highest BCUT2D eigenvalue weighted by atomic mass is 35.5. The van der Waals surface area contributed by atoms with E-state index in [1.54, 1.807) is 0 Å². The zero-order valence-corrected chi connectivity index (χ0v) is 16.2. The van der Waals surface area contributed by atoms with Gasteiger partial charge in [-0.25, -0.2) is 19.4 Å². The van der Waals surface area contributed by atoms with E-state index in [-0.39, 0.29) is 28.3 Å². The summed E-state index contributed by atoms with van der Waals surface area (Å²) in [7, 11) is 1.95. The van der Waals surface area contributed by atoms with E-state index in [1.165, 1.54) is 6.07 Å². The van der Waals surface area contributed by atoms with E-state index >= 15 is 0 Å². The largest absolute Gasteiger partial charge is 0.477 e. The number of carboxylic acid groups (broad SMARTS) is 1. The van der Waals surface area contributed by atoms with Gasteiger partial charge in [-0.3, -0.25) is 0 Å². The number of benzene rings is 1. The molecule has 4 N–H and O–H groups in total. The summed E-state index contributed by atoms with van der Waals surface area (Å²) in [5.41, 5.74) is 8.30. The van der Waals surface area contributed by atoms with E-state index in [4.69, 9.17) is 17.3 Å². The second kappa shape index (κ2) is 6.38. The molecule has 9 nitrogen and oxygen atoms in total. The van der Waals surface area contributed by atoms with E-state index in [9.17, 15) is 9.90 Å². The van der Waals surface area contributed by atoms with Crippen LogP contribution in [-0.4, -0.2) is 37.9 Å². The molecule has 144 valence electrons. The Morgan fingerprint density at radius 3 is 2.79 bits per heavy atom. The lowest BCUT2D eigenvalue weighted by Gasteiger charge is -2.34. The van der Waals surface area contributed by atoms with Crippen molar-refractivity contribution in [2.45, 2.75) is 19.9 Å². The number of halogens is 1. The molecule has 1 unspecified atom stereocenters.